The molecule has 0 aliphatic carbocycles. The van der Waals surface area contributed by atoms with Crippen molar-refractivity contribution >= 4 is 43.6 Å². The highest BCUT2D eigenvalue weighted by atomic mass is 35.5. The zero-order valence-electron chi connectivity index (χ0n) is 16.0. The molecule has 11 heteroatoms. The molecule has 28 heavy (non-hydrogen) atoms. The summed E-state index contributed by atoms with van der Waals surface area (Å²) in [5.74, 6) is -1.47. The van der Waals surface area contributed by atoms with E-state index < -0.39 is 36.1 Å². The summed E-state index contributed by atoms with van der Waals surface area (Å²) in [4.78, 5) is 26.7. The van der Waals surface area contributed by atoms with Gasteiger partial charge in [0.15, 0.2) is 0 Å². The number of carbonyl (C=O) groups excluding carboxylic acids is 2. The van der Waals surface area contributed by atoms with Crippen molar-refractivity contribution in [1.82, 2.24) is 10.2 Å². The van der Waals surface area contributed by atoms with Crippen molar-refractivity contribution in [1.29, 1.82) is 0 Å². The van der Waals surface area contributed by atoms with Crippen LogP contribution in [-0.4, -0.2) is 52.9 Å². The van der Waals surface area contributed by atoms with Gasteiger partial charge in [-0.3, -0.25) is 14.2 Å². The van der Waals surface area contributed by atoms with Crippen LogP contribution in [0.5, 0.6) is 0 Å². The molecule has 3 unspecified atom stereocenters. The number of nitrogens with one attached hydrogen (secondary N) is 1. The van der Waals surface area contributed by atoms with Gasteiger partial charge in [0.2, 0.25) is 11.8 Å². The number of fused-ring (bicyclic) bond motifs is 1. The van der Waals surface area contributed by atoms with Gasteiger partial charge in [-0.2, -0.15) is 0 Å². The van der Waals surface area contributed by atoms with Gasteiger partial charge in [0, 0.05) is 19.0 Å². The Morgan fingerprint density at radius 1 is 1.29 bits per heavy atom. The maximum Gasteiger partial charge on any atom is 0.353 e. The number of rotatable bonds is 6. The molecule has 2 saturated heterocycles. The minimum Gasteiger partial charge on any atom is -0.340 e. The summed E-state index contributed by atoms with van der Waals surface area (Å²) < 4.78 is 22.7. The Labute approximate surface area is 174 Å². The lowest BCUT2D eigenvalue weighted by atomic mass is 10.0. The van der Waals surface area contributed by atoms with E-state index in [1.165, 1.54) is 30.9 Å². The van der Waals surface area contributed by atoms with Crippen LogP contribution in [-0.2, 0) is 23.2 Å². The molecule has 0 radical (unpaired) electrons. The molecule has 3 rings (SSSR count). The molecule has 1 aromatic carbocycles. The summed E-state index contributed by atoms with van der Waals surface area (Å²) in [5.41, 5.74) is 6.68. The van der Waals surface area contributed by atoms with Gasteiger partial charge in [-0.1, -0.05) is 30.3 Å². The molecule has 4 atom stereocenters. The van der Waals surface area contributed by atoms with Crippen LogP contribution in [0.1, 0.15) is 25.5 Å². The second-order valence-corrected chi connectivity index (χ2v) is 11.1. The van der Waals surface area contributed by atoms with Crippen LogP contribution in [0.15, 0.2) is 30.3 Å². The van der Waals surface area contributed by atoms with Gasteiger partial charge in [0.1, 0.15) is 23.2 Å². The van der Waals surface area contributed by atoms with E-state index in [2.05, 4.69) is 5.32 Å². The van der Waals surface area contributed by atoms with Gasteiger partial charge in [0.25, 0.3) is 0 Å². The molecule has 2 fully saturated rings. The molecule has 0 bridgehead atoms. The highest BCUT2D eigenvalue weighted by Crippen LogP contribution is 2.66. The molecule has 0 saturated carbocycles. The number of thioether (sulfide) groups is 1. The first-order chi connectivity index (χ1) is 12.7. The van der Waals surface area contributed by atoms with Gasteiger partial charge in [-0.05, 0) is 19.4 Å². The molecular weight excluding hydrogens is 425 g/mol. The zero-order valence-corrected chi connectivity index (χ0v) is 18.6. The van der Waals surface area contributed by atoms with Crippen LogP contribution in [0.3, 0.4) is 0 Å². The maximum atomic E-state index is 13.0. The SMILES string of the molecule is COP(=O)(OC)C1N2C(=O)C(NC(=O)C(N)c3ccccc3)[C@@H]2SC1(C)C.Cl. The predicted octanol–water partition coefficient (Wildman–Crippen LogP) is 2.10. The number of nitrogens with zero attached hydrogens (tertiary/aromatic N) is 1. The van der Waals surface area contributed by atoms with E-state index in [4.69, 9.17) is 14.8 Å². The van der Waals surface area contributed by atoms with Crippen molar-refractivity contribution in [3.05, 3.63) is 35.9 Å². The van der Waals surface area contributed by atoms with Crippen LogP contribution in [0.4, 0.5) is 0 Å². The molecule has 2 aliphatic rings. The highest BCUT2D eigenvalue weighted by molar-refractivity contribution is 8.02. The van der Waals surface area contributed by atoms with E-state index in [1.54, 1.807) is 24.3 Å². The third kappa shape index (κ3) is 3.72. The number of hydrogen-bond donors (Lipinski definition) is 2. The van der Waals surface area contributed by atoms with Crippen LogP contribution in [0.25, 0.3) is 0 Å². The Morgan fingerprint density at radius 2 is 1.86 bits per heavy atom. The monoisotopic (exact) mass is 449 g/mol. The fourth-order valence-corrected chi connectivity index (χ4v) is 7.62. The van der Waals surface area contributed by atoms with Crippen molar-refractivity contribution in [2.75, 3.05) is 14.2 Å². The quantitative estimate of drug-likeness (QED) is 0.505. The van der Waals surface area contributed by atoms with E-state index in [1.807, 2.05) is 19.9 Å². The number of hydrogen-bond acceptors (Lipinski definition) is 7. The van der Waals surface area contributed by atoms with Gasteiger partial charge >= 0.3 is 7.60 Å². The van der Waals surface area contributed by atoms with Crippen molar-refractivity contribution < 1.29 is 23.2 Å². The number of benzene rings is 1. The zero-order chi connectivity index (χ0) is 20.0. The first-order valence-electron chi connectivity index (χ1n) is 8.48. The van der Waals surface area contributed by atoms with Gasteiger partial charge < -0.3 is 25.0 Å². The number of halogens is 1. The van der Waals surface area contributed by atoms with Crippen molar-refractivity contribution in [3.8, 4) is 0 Å². The van der Waals surface area contributed by atoms with E-state index in [0.29, 0.717) is 5.56 Å². The number of carbonyl (C=O) groups is 2. The predicted molar refractivity (Wildman–Crippen MR) is 110 cm³/mol. The summed E-state index contributed by atoms with van der Waals surface area (Å²) in [7, 11) is -0.898. The average Bonchev–Trinajstić information content (AvgIpc) is 2.93. The van der Waals surface area contributed by atoms with Gasteiger partial charge in [0.05, 0.1) is 0 Å². The molecule has 2 aliphatic heterocycles. The normalized spacial score (nSPS) is 26.7. The lowest BCUT2D eigenvalue weighted by Gasteiger charge is -2.45. The summed E-state index contributed by atoms with van der Waals surface area (Å²) in [6, 6.07) is 7.36. The first kappa shape index (κ1) is 23.2. The lowest BCUT2D eigenvalue weighted by Crippen LogP contribution is -2.70. The van der Waals surface area contributed by atoms with Crippen molar-refractivity contribution in [3.63, 3.8) is 0 Å². The van der Waals surface area contributed by atoms with Crippen LogP contribution in [0, 0.1) is 0 Å². The number of nitrogens with two attached hydrogens (primary N) is 1. The lowest BCUT2D eigenvalue weighted by molar-refractivity contribution is -0.149. The third-order valence-electron chi connectivity index (χ3n) is 4.94. The van der Waals surface area contributed by atoms with Gasteiger partial charge in [-0.15, -0.1) is 24.2 Å². The highest BCUT2D eigenvalue weighted by Gasteiger charge is 2.67. The second-order valence-electron chi connectivity index (χ2n) is 7.01. The molecule has 2 heterocycles. The number of amides is 2. The fourth-order valence-electron chi connectivity index (χ4n) is 3.57. The Morgan fingerprint density at radius 3 is 2.39 bits per heavy atom. The fraction of sp³-hybridized carbons (Fsp3) is 0.529. The summed E-state index contributed by atoms with van der Waals surface area (Å²) in [6.45, 7) is 3.76. The summed E-state index contributed by atoms with van der Waals surface area (Å²) in [5, 5.41) is 2.39. The molecular formula is C17H25ClN3O5PS. The van der Waals surface area contributed by atoms with Crippen LogP contribution < -0.4 is 11.1 Å². The molecule has 3 N–H and O–H groups in total. The average molecular weight is 450 g/mol. The van der Waals surface area contributed by atoms with Crippen LogP contribution >= 0.6 is 31.8 Å². The minimum atomic E-state index is -3.51. The molecule has 8 nitrogen and oxygen atoms in total. The Balaban J connectivity index is 0.00000280. The maximum absolute atomic E-state index is 13.0. The van der Waals surface area contributed by atoms with E-state index >= 15 is 0 Å². The van der Waals surface area contributed by atoms with Crippen LogP contribution in [0.2, 0.25) is 0 Å². The Bertz CT molecular complexity index is 788. The number of β-lactam (4-membered cyclic amide) rings is 1. The largest absolute Gasteiger partial charge is 0.353 e. The Kier molecular flexibility index (Phi) is 6.91. The standard InChI is InChI=1S/C17H24N3O5PS.ClH/c1-17(2)16(26(23,24-3)25-4)20-14(22)12(15(20)27-17)19-13(21)11(18)10-8-6-5-7-9-10;/h5-9,11-12,15-16H,18H2,1-4H3,(H,19,21);1H/t11?,12?,15-,16?;/m0./s1. The van der Waals surface area contributed by atoms with E-state index in [9.17, 15) is 14.2 Å². The van der Waals surface area contributed by atoms with Gasteiger partial charge in [-0.25, -0.2) is 0 Å². The smallest absolute Gasteiger partial charge is 0.340 e. The first-order valence-corrected chi connectivity index (χ1v) is 11.0. The molecule has 156 valence electrons. The molecule has 0 spiro atoms. The topological polar surface area (TPSA) is 111 Å². The molecule has 2 amide bonds. The van der Waals surface area contributed by atoms with Crippen molar-refractivity contribution in [2.45, 2.75) is 41.8 Å². The summed E-state index contributed by atoms with van der Waals surface area (Å²) in [6.07, 6.45) is 0. The molecule has 1 aromatic rings. The van der Waals surface area contributed by atoms with E-state index in [0.717, 1.165) is 0 Å². The second kappa shape index (κ2) is 8.34. The summed E-state index contributed by atoms with van der Waals surface area (Å²) >= 11 is 1.46. The van der Waals surface area contributed by atoms with E-state index in [-0.39, 0.29) is 23.7 Å². The molecule has 0 aromatic heterocycles. The third-order valence-corrected chi connectivity index (χ3v) is 9.19. The van der Waals surface area contributed by atoms with Crippen molar-refractivity contribution in [2.24, 2.45) is 5.73 Å². The minimum absolute atomic E-state index is 0. The Hall–Kier alpha value is -1.09.